The van der Waals surface area contributed by atoms with Gasteiger partial charge in [0.2, 0.25) is 0 Å². The van der Waals surface area contributed by atoms with E-state index >= 15 is 0 Å². The zero-order valence-corrected chi connectivity index (χ0v) is 23.6. The Morgan fingerprint density at radius 1 is 1.05 bits per heavy atom. The number of carbonyl (C=O) groups excluding carboxylic acids is 1. The van der Waals surface area contributed by atoms with Crippen LogP contribution in [0.1, 0.15) is 17.0 Å². The topological polar surface area (TPSA) is 187 Å². The van der Waals surface area contributed by atoms with Crippen molar-refractivity contribution in [2.24, 2.45) is 5.73 Å². The molecule has 0 saturated carbocycles. The van der Waals surface area contributed by atoms with Crippen LogP contribution in [0.2, 0.25) is 0 Å². The fourth-order valence-corrected chi connectivity index (χ4v) is 5.97. The fourth-order valence-electron chi connectivity index (χ4n) is 4.53. The molecule has 1 aliphatic rings. The molecule has 5 rings (SSSR count). The maximum atomic E-state index is 13.9. The van der Waals surface area contributed by atoms with Gasteiger partial charge < -0.3 is 11.1 Å². The monoisotopic (exact) mass is 644 g/mol. The van der Waals surface area contributed by atoms with Crippen LogP contribution >= 0.6 is 27.3 Å². The summed E-state index contributed by atoms with van der Waals surface area (Å²) in [5.41, 5.74) is 6.15. The van der Waals surface area contributed by atoms with Crippen molar-refractivity contribution in [1.29, 1.82) is 5.26 Å². The first-order valence-corrected chi connectivity index (χ1v) is 13.6. The van der Waals surface area contributed by atoms with E-state index in [1.54, 1.807) is 30.3 Å². The van der Waals surface area contributed by atoms with Gasteiger partial charge in [0.05, 0.1) is 37.5 Å². The van der Waals surface area contributed by atoms with Crippen molar-refractivity contribution in [2.45, 2.75) is 5.92 Å². The number of fused-ring (bicyclic) bond motifs is 1. The summed E-state index contributed by atoms with van der Waals surface area (Å²) in [6.07, 6.45) is 1.43. The van der Waals surface area contributed by atoms with Crippen molar-refractivity contribution >= 4 is 67.7 Å². The molecule has 3 aromatic carbocycles. The molecule has 4 aromatic rings. The molecule has 1 amide bonds. The Labute approximate surface area is 248 Å². The molecule has 0 saturated heterocycles. The van der Waals surface area contributed by atoms with E-state index in [0.717, 1.165) is 20.4 Å². The molecule has 0 radical (unpaired) electrons. The number of rotatable bonds is 6. The maximum Gasteiger partial charge on any atom is 0.274 e. The summed E-state index contributed by atoms with van der Waals surface area (Å²) in [7, 11) is 0. The van der Waals surface area contributed by atoms with Crippen molar-refractivity contribution in [2.75, 3.05) is 5.32 Å². The molecule has 42 heavy (non-hydrogen) atoms. The van der Waals surface area contributed by atoms with Gasteiger partial charge in [0.25, 0.3) is 22.8 Å². The molecular formula is C28H17BrN6O6S. The zero-order chi connectivity index (χ0) is 30.1. The Morgan fingerprint density at radius 2 is 1.69 bits per heavy atom. The van der Waals surface area contributed by atoms with Crippen molar-refractivity contribution < 1.29 is 14.6 Å². The summed E-state index contributed by atoms with van der Waals surface area (Å²) in [6.45, 7) is 0. The molecule has 1 unspecified atom stereocenters. The second kappa shape index (κ2) is 11.2. The molecule has 3 N–H and O–H groups in total. The van der Waals surface area contributed by atoms with Crippen LogP contribution in [0, 0.1) is 31.6 Å². The van der Waals surface area contributed by atoms with Crippen molar-refractivity contribution in [3.63, 3.8) is 0 Å². The smallest absolute Gasteiger partial charge is 0.274 e. The van der Waals surface area contributed by atoms with Crippen LogP contribution in [-0.4, -0.2) is 20.3 Å². The number of non-ortho nitro benzene ring substituents is 2. The van der Waals surface area contributed by atoms with Gasteiger partial charge >= 0.3 is 0 Å². The van der Waals surface area contributed by atoms with E-state index in [1.807, 2.05) is 6.07 Å². The van der Waals surface area contributed by atoms with E-state index in [9.17, 15) is 35.1 Å². The molecule has 1 aliphatic heterocycles. The predicted octanol–water partition coefficient (Wildman–Crippen LogP) is 3.56. The number of hydrogen-bond donors (Lipinski definition) is 2. The number of anilines is 1. The number of nitro benzene ring substituents is 2. The minimum absolute atomic E-state index is 0.0232. The van der Waals surface area contributed by atoms with E-state index in [2.05, 4.69) is 21.2 Å². The second-order valence-electron chi connectivity index (χ2n) is 8.98. The number of nitrogens with one attached hydrogen (secondary N) is 1. The fraction of sp³-hybridized carbons (Fsp3) is 0.0357. The summed E-state index contributed by atoms with van der Waals surface area (Å²) >= 11 is 4.24. The number of amides is 1. The van der Waals surface area contributed by atoms with Crippen molar-refractivity contribution in [1.82, 2.24) is 4.57 Å². The quantitative estimate of drug-likeness (QED) is 0.235. The normalized spacial score (nSPS) is 14.7. The van der Waals surface area contributed by atoms with E-state index in [4.69, 9.17) is 5.73 Å². The maximum absolute atomic E-state index is 13.9. The number of nitrogens with two attached hydrogens (primary N) is 1. The van der Waals surface area contributed by atoms with E-state index in [0.29, 0.717) is 11.3 Å². The first kappa shape index (κ1) is 28.1. The number of thiazole rings is 1. The first-order valence-electron chi connectivity index (χ1n) is 12.0. The van der Waals surface area contributed by atoms with Gasteiger partial charge in [-0.25, -0.2) is 0 Å². The lowest BCUT2D eigenvalue weighted by atomic mass is 9.83. The highest BCUT2D eigenvalue weighted by molar-refractivity contribution is 9.10. The van der Waals surface area contributed by atoms with Gasteiger partial charge in [-0.05, 0) is 41.5 Å². The molecular weight excluding hydrogens is 628 g/mol. The van der Waals surface area contributed by atoms with Crippen LogP contribution in [0.25, 0.3) is 17.5 Å². The van der Waals surface area contributed by atoms with Gasteiger partial charge in [0.1, 0.15) is 10.5 Å². The van der Waals surface area contributed by atoms with Gasteiger partial charge in [-0.2, -0.15) is 5.26 Å². The number of hydrogen-bond acceptors (Lipinski definition) is 9. The molecule has 12 nitrogen and oxygen atoms in total. The van der Waals surface area contributed by atoms with Gasteiger partial charge in [-0.15, -0.1) is 11.3 Å². The third-order valence-corrected chi connectivity index (χ3v) is 8.05. The third-order valence-electron chi connectivity index (χ3n) is 6.41. The lowest BCUT2D eigenvalue weighted by molar-refractivity contribution is -0.385. The molecule has 208 valence electrons. The summed E-state index contributed by atoms with van der Waals surface area (Å²) in [4.78, 5) is 49.2. The number of benzene rings is 3. The Kier molecular flexibility index (Phi) is 7.53. The van der Waals surface area contributed by atoms with Crippen LogP contribution in [0.5, 0.6) is 0 Å². The van der Waals surface area contributed by atoms with Gasteiger partial charge in [-0.3, -0.25) is 34.4 Å². The van der Waals surface area contributed by atoms with E-state index in [1.165, 1.54) is 48.5 Å². The number of carbonyl (C=O) groups is 1. The zero-order valence-electron chi connectivity index (χ0n) is 21.2. The third kappa shape index (κ3) is 5.21. The molecule has 0 spiro atoms. The number of nitriles is 1. The van der Waals surface area contributed by atoms with Crippen LogP contribution < -0.4 is 25.8 Å². The predicted molar refractivity (Wildman–Crippen MR) is 160 cm³/mol. The highest BCUT2D eigenvalue weighted by Gasteiger charge is 2.36. The van der Waals surface area contributed by atoms with Gasteiger partial charge in [0.15, 0.2) is 0 Å². The molecule has 1 atom stereocenters. The van der Waals surface area contributed by atoms with Crippen LogP contribution in [0.4, 0.5) is 17.1 Å². The van der Waals surface area contributed by atoms with Crippen molar-refractivity contribution in [3.05, 3.63) is 134 Å². The van der Waals surface area contributed by atoms with Crippen LogP contribution in [-0.2, 0) is 4.79 Å². The minimum Gasteiger partial charge on any atom is -0.384 e. The molecule has 0 fully saturated rings. The van der Waals surface area contributed by atoms with Crippen LogP contribution in [0.3, 0.4) is 0 Å². The average Bonchev–Trinajstić information content (AvgIpc) is 3.29. The Balaban J connectivity index is 1.81. The molecule has 14 heteroatoms. The Bertz CT molecular complexity index is 2060. The van der Waals surface area contributed by atoms with Gasteiger partial charge in [0, 0.05) is 34.4 Å². The molecule has 0 bridgehead atoms. The van der Waals surface area contributed by atoms with Crippen molar-refractivity contribution in [3.8, 4) is 6.07 Å². The summed E-state index contributed by atoms with van der Waals surface area (Å²) in [6, 6.07) is 19.9. The molecule has 1 aromatic heterocycles. The second-order valence-corrected chi connectivity index (χ2v) is 10.9. The highest BCUT2D eigenvalue weighted by Crippen LogP contribution is 2.37. The minimum atomic E-state index is -1.14. The molecule has 0 aliphatic carbocycles. The lowest BCUT2D eigenvalue weighted by Crippen LogP contribution is -2.40. The van der Waals surface area contributed by atoms with Crippen LogP contribution in [0.15, 0.2) is 87.6 Å². The number of allylic oxidation sites excluding steroid dienone is 1. The standard InChI is InChI=1S/C28H17BrN6O6S/c29-17-7-9-18(10-8-17)32-26(36)24-23(16-4-2-6-20(13-16)35(40)41)21(14-30)25(31)33-27(37)22(42-28(24)33)12-15-3-1-5-19(11-15)34(38)39/h1-13,23H,31H2,(H,32,36)/b22-12-. The summed E-state index contributed by atoms with van der Waals surface area (Å²) in [5.74, 6) is -2.04. The number of halogens is 1. The van der Waals surface area contributed by atoms with E-state index in [-0.39, 0.29) is 43.1 Å². The average molecular weight is 645 g/mol. The number of nitro groups is 2. The summed E-state index contributed by atoms with van der Waals surface area (Å²) < 4.78 is 2.03. The van der Waals surface area contributed by atoms with Gasteiger partial charge in [-0.1, -0.05) is 40.2 Å². The molecule has 2 heterocycles. The lowest BCUT2D eigenvalue weighted by Gasteiger charge is -2.25. The SMILES string of the molecule is N#CC1=C(N)n2c(s/c(=C\c3cccc([N+](=O)[O-])c3)c2=O)=C(C(=O)Nc2ccc(Br)cc2)C1c1cccc([N+](=O)[O-])c1. The Hall–Kier alpha value is -5.39. The largest absolute Gasteiger partial charge is 0.384 e. The number of nitrogens with zero attached hydrogens (tertiary/aromatic N) is 4. The highest BCUT2D eigenvalue weighted by atomic mass is 79.9. The number of aromatic nitrogens is 1. The Morgan fingerprint density at radius 3 is 2.33 bits per heavy atom. The van der Waals surface area contributed by atoms with E-state index < -0.39 is 27.2 Å². The summed E-state index contributed by atoms with van der Waals surface area (Å²) in [5, 5.41) is 35.7. The first-order chi connectivity index (χ1) is 20.1.